The lowest BCUT2D eigenvalue weighted by atomic mass is 10.1. The average molecular weight is 536 g/mol. The van der Waals surface area contributed by atoms with Gasteiger partial charge in [0.25, 0.3) is 0 Å². The third-order valence-corrected chi connectivity index (χ3v) is 7.37. The van der Waals surface area contributed by atoms with Crippen LogP contribution in [0.1, 0.15) is 57.1 Å². The number of rotatable bonds is 14. The van der Waals surface area contributed by atoms with E-state index >= 15 is 0 Å². The van der Waals surface area contributed by atoms with Gasteiger partial charge in [0.15, 0.2) is 0 Å². The molecule has 0 unspecified atom stereocenters. The van der Waals surface area contributed by atoms with Crippen molar-refractivity contribution in [1.82, 2.24) is 10.2 Å². The summed E-state index contributed by atoms with van der Waals surface area (Å²) in [4.78, 5) is 28.0. The maximum atomic E-state index is 13.4. The summed E-state index contributed by atoms with van der Waals surface area (Å²) in [6.07, 6.45) is 3.86. The molecule has 1 N–H and O–H groups in total. The van der Waals surface area contributed by atoms with Crippen molar-refractivity contribution >= 4 is 39.1 Å². The molecule has 0 saturated heterocycles. The van der Waals surface area contributed by atoms with Gasteiger partial charge in [-0.15, -0.1) is 0 Å². The Morgan fingerprint density at radius 1 is 1.06 bits per heavy atom. The third kappa shape index (κ3) is 9.13. The number of nitrogens with one attached hydrogen (secondary N) is 1. The topological polar surface area (TPSA) is 86.8 Å². The molecule has 2 aromatic rings. The monoisotopic (exact) mass is 535 g/mol. The minimum absolute atomic E-state index is 0.108. The van der Waals surface area contributed by atoms with Crippen molar-refractivity contribution < 1.29 is 18.0 Å². The maximum Gasteiger partial charge on any atom is 0.242 e. The van der Waals surface area contributed by atoms with Gasteiger partial charge in [-0.1, -0.05) is 67.8 Å². The maximum absolute atomic E-state index is 13.4. The van der Waals surface area contributed by atoms with E-state index in [2.05, 4.69) is 12.2 Å². The summed E-state index contributed by atoms with van der Waals surface area (Å²) in [6.45, 7) is 6.95. The van der Waals surface area contributed by atoms with Crippen LogP contribution < -0.4 is 9.62 Å². The molecule has 0 fully saturated rings. The minimum Gasteiger partial charge on any atom is -0.354 e. The summed E-state index contributed by atoms with van der Waals surface area (Å²) in [5, 5.41) is 3.38. The van der Waals surface area contributed by atoms with Crippen molar-refractivity contribution in [2.45, 2.75) is 65.5 Å². The predicted octanol–water partition coefficient (Wildman–Crippen LogP) is 4.92. The van der Waals surface area contributed by atoms with Crippen molar-refractivity contribution in [3.05, 3.63) is 64.7 Å². The van der Waals surface area contributed by atoms with Crippen LogP contribution in [0.3, 0.4) is 0 Å². The van der Waals surface area contributed by atoms with Crippen molar-refractivity contribution in [1.29, 1.82) is 0 Å². The molecule has 0 radical (unpaired) electrons. The Morgan fingerprint density at radius 3 is 2.33 bits per heavy atom. The molecule has 7 nitrogen and oxygen atoms in total. The van der Waals surface area contributed by atoms with Crippen molar-refractivity contribution in [3.63, 3.8) is 0 Å². The van der Waals surface area contributed by atoms with Gasteiger partial charge in [-0.25, -0.2) is 8.42 Å². The molecule has 2 rings (SSSR count). The van der Waals surface area contributed by atoms with Crippen LogP contribution in [-0.4, -0.2) is 50.5 Å². The molecular formula is C27H38ClN3O4S. The zero-order valence-corrected chi connectivity index (χ0v) is 23.2. The lowest BCUT2D eigenvalue weighted by Gasteiger charge is -2.31. The van der Waals surface area contributed by atoms with Gasteiger partial charge in [0, 0.05) is 31.1 Å². The van der Waals surface area contributed by atoms with Crippen LogP contribution in [0.5, 0.6) is 0 Å². The summed E-state index contributed by atoms with van der Waals surface area (Å²) < 4.78 is 26.1. The second-order valence-electron chi connectivity index (χ2n) is 8.99. The lowest BCUT2D eigenvalue weighted by Crippen LogP contribution is -2.49. The van der Waals surface area contributed by atoms with E-state index in [0.29, 0.717) is 36.6 Å². The van der Waals surface area contributed by atoms with E-state index in [1.54, 1.807) is 29.2 Å². The Balaban J connectivity index is 2.19. The van der Waals surface area contributed by atoms with Gasteiger partial charge < -0.3 is 10.2 Å². The number of anilines is 1. The largest absolute Gasteiger partial charge is 0.354 e. The van der Waals surface area contributed by atoms with Gasteiger partial charge >= 0.3 is 0 Å². The Bertz CT molecular complexity index is 1110. The molecule has 198 valence electrons. The van der Waals surface area contributed by atoms with Gasteiger partial charge in [-0.05, 0) is 49.9 Å². The number of carbonyl (C=O) groups is 2. The molecule has 0 bridgehead atoms. The molecule has 0 saturated carbocycles. The van der Waals surface area contributed by atoms with E-state index in [9.17, 15) is 18.0 Å². The standard InChI is InChI=1S/C27H38ClN3O4S/c1-5-7-17-29-27(33)25(6-2)30(20-22-15-13-21(3)14-16-22)26(32)12-9-18-31(36(4,34)35)24-11-8-10-23(28)19-24/h8,10-11,13-16,19,25H,5-7,9,12,17-18,20H2,1-4H3,(H,29,33)/t25-/m0/s1. The summed E-state index contributed by atoms with van der Waals surface area (Å²) in [5.74, 6) is -0.351. The molecule has 2 amide bonds. The van der Waals surface area contributed by atoms with E-state index < -0.39 is 16.1 Å². The first-order chi connectivity index (χ1) is 17.1. The first kappa shape index (κ1) is 29.6. The van der Waals surface area contributed by atoms with Crippen molar-refractivity contribution in [2.75, 3.05) is 23.7 Å². The number of hydrogen-bond donors (Lipinski definition) is 1. The zero-order valence-electron chi connectivity index (χ0n) is 21.7. The quantitative estimate of drug-likeness (QED) is 0.348. The van der Waals surface area contributed by atoms with E-state index in [1.165, 1.54) is 4.31 Å². The molecule has 0 heterocycles. The number of benzene rings is 2. The minimum atomic E-state index is -3.57. The molecule has 2 aromatic carbocycles. The number of sulfonamides is 1. The summed E-state index contributed by atoms with van der Waals surface area (Å²) in [5.41, 5.74) is 2.50. The molecule has 1 atom stereocenters. The number of hydrogen-bond acceptors (Lipinski definition) is 4. The Labute approximate surface area is 220 Å². The molecule has 9 heteroatoms. The average Bonchev–Trinajstić information content (AvgIpc) is 2.82. The van der Waals surface area contributed by atoms with Crippen molar-refractivity contribution in [3.8, 4) is 0 Å². The smallest absolute Gasteiger partial charge is 0.242 e. The lowest BCUT2D eigenvalue weighted by molar-refractivity contribution is -0.141. The molecule has 0 aromatic heterocycles. The van der Waals surface area contributed by atoms with Gasteiger partial charge in [0.05, 0.1) is 11.9 Å². The van der Waals surface area contributed by atoms with Crippen LogP contribution in [0.2, 0.25) is 5.02 Å². The normalized spacial score (nSPS) is 12.1. The highest BCUT2D eigenvalue weighted by Gasteiger charge is 2.28. The van der Waals surface area contributed by atoms with Crippen LogP contribution in [0.25, 0.3) is 0 Å². The van der Waals surface area contributed by atoms with Gasteiger partial charge in [-0.3, -0.25) is 13.9 Å². The van der Waals surface area contributed by atoms with E-state index in [4.69, 9.17) is 11.6 Å². The number of nitrogens with zero attached hydrogens (tertiary/aromatic N) is 2. The Kier molecular flexibility index (Phi) is 11.7. The van der Waals surface area contributed by atoms with Gasteiger partial charge in [-0.2, -0.15) is 0 Å². The summed E-state index contributed by atoms with van der Waals surface area (Å²) in [7, 11) is -3.57. The van der Waals surface area contributed by atoms with Crippen LogP contribution in [0.15, 0.2) is 48.5 Å². The molecule has 0 aliphatic carbocycles. The summed E-state index contributed by atoms with van der Waals surface area (Å²) >= 11 is 6.06. The SMILES string of the molecule is CCCCNC(=O)[C@H](CC)N(Cc1ccc(C)cc1)C(=O)CCCN(c1cccc(Cl)c1)S(C)(=O)=O. The number of aryl methyl sites for hydroxylation is 1. The predicted molar refractivity (Wildman–Crippen MR) is 147 cm³/mol. The number of halogens is 1. The van der Waals surface area contributed by atoms with E-state index in [1.807, 2.05) is 38.1 Å². The Hall–Kier alpha value is -2.58. The highest BCUT2D eigenvalue weighted by atomic mass is 35.5. The fourth-order valence-electron chi connectivity index (χ4n) is 3.95. The Morgan fingerprint density at radius 2 is 1.75 bits per heavy atom. The first-order valence-electron chi connectivity index (χ1n) is 12.4. The number of carbonyl (C=O) groups excluding carboxylic acids is 2. The number of amides is 2. The highest BCUT2D eigenvalue weighted by Crippen LogP contribution is 2.23. The second kappa shape index (κ2) is 14.2. The van der Waals surface area contributed by atoms with Crippen molar-refractivity contribution in [2.24, 2.45) is 0 Å². The third-order valence-electron chi connectivity index (χ3n) is 5.94. The summed E-state index contributed by atoms with van der Waals surface area (Å²) in [6, 6.07) is 13.9. The molecule has 36 heavy (non-hydrogen) atoms. The highest BCUT2D eigenvalue weighted by molar-refractivity contribution is 7.92. The zero-order chi connectivity index (χ0) is 26.7. The molecular weight excluding hydrogens is 498 g/mol. The van der Waals surface area contributed by atoms with Gasteiger partial charge in [0.1, 0.15) is 6.04 Å². The van der Waals surface area contributed by atoms with Crippen LogP contribution in [0.4, 0.5) is 5.69 Å². The molecule has 0 aliphatic heterocycles. The molecule has 0 spiro atoms. The number of unbranched alkanes of at least 4 members (excludes halogenated alkanes) is 1. The van der Waals surface area contributed by atoms with E-state index in [0.717, 1.165) is 30.2 Å². The first-order valence-corrected chi connectivity index (χ1v) is 14.7. The fraction of sp³-hybridized carbons (Fsp3) is 0.481. The van der Waals surface area contributed by atoms with Gasteiger partial charge in [0.2, 0.25) is 21.8 Å². The molecule has 0 aliphatic rings. The van der Waals surface area contributed by atoms with Crippen LogP contribution in [0, 0.1) is 6.92 Å². The van der Waals surface area contributed by atoms with E-state index in [-0.39, 0.29) is 24.8 Å². The van der Waals surface area contributed by atoms with Crippen LogP contribution >= 0.6 is 11.6 Å². The second-order valence-corrected chi connectivity index (χ2v) is 11.3. The van der Waals surface area contributed by atoms with Crippen LogP contribution in [-0.2, 0) is 26.2 Å². The fourth-order valence-corrected chi connectivity index (χ4v) is 5.09.